The van der Waals surface area contributed by atoms with Crippen LogP contribution in [0.2, 0.25) is 0 Å². The van der Waals surface area contributed by atoms with Crippen LogP contribution in [-0.4, -0.2) is 27.1 Å². The largest absolute Gasteiger partial charge is 0.365 e. The molecule has 1 aliphatic heterocycles. The predicted octanol–water partition coefficient (Wildman–Crippen LogP) is 3.74. The summed E-state index contributed by atoms with van der Waals surface area (Å²) in [6.45, 7) is 3.47. The number of nitrogens with zero attached hydrogens (tertiary/aromatic N) is 3. The molecule has 4 rings (SSSR count). The molecule has 1 N–H and O–H groups in total. The van der Waals surface area contributed by atoms with Crippen molar-refractivity contribution in [1.82, 2.24) is 14.9 Å². The second kappa shape index (κ2) is 7.44. The fourth-order valence-corrected chi connectivity index (χ4v) is 3.88. The maximum Gasteiger partial charge on any atom is 0.266 e. The summed E-state index contributed by atoms with van der Waals surface area (Å²) in [6.07, 6.45) is 1.60. The number of benzene rings is 1. The van der Waals surface area contributed by atoms with Crippen LogP contribution in [0, 0.1) is 5.82 Å². The Kier molecular flexibility index (Phi) is 5.10. The molecule has 2 aromatic rings. The molecule has 29 heavy (non-hydrogen) atoms. The number of hydrogen-bond donors (Lipinski definition) is 1. The first-order valence-electron chi connectivity index (χ1n) is 8.94. The minimum atomic E-state index is -2.89. The second-order valence-corrected chi connectivity index (χ2v) is 7.87. The van der Waals surface area contributed by atoms with E-state index < -0.39 is 30.0 Å². The predicted molar refractivity (Wildman–Crippen MR) is 106 cm³/mol. The molecule has 1 saturated carbocycles. The highest BCUT2D eigenvalue weighted by Crippen LogP contribution is 2.46. The van der Waals surface area contributed by atoms with Crippen molar-refractivity contribution in [3.63, 3.8) is 0 Å². The average Bonchev–Trinajstić information content (AvgIpc) is 3.51. The van der Waals surface area contributed by atoms with E-state index in [1.165, 1.54) is 18.5 Å². The number of aromatic nitrogens is 2. The Balaban J connectivity index is 1.71. The summed E-state index contributed by atoms with van der Waals surface area (Å²) in [5, 5.41) is 4.15. The lowest BCUT2D eigenvalue weighted by molar-refractivity contribution is 0.146. The van der Waals surface area contributed by atoms with E-state index in [1.54, 1.807) is 11.1 Å². The van der Waals surface area contributed by atoms with E-state index in [9.17, 15) is 17.6 Å². The highest BCUT2D eigenvalue weighted by Gasteiger charge is 2.49. The van der Waals surface area contributed by atoms with Gasteiger partial charge in [0.2, 0.25) is 0 Å². The Morgan fingerprint density at radius 1 is 1.28 bits per heavy atom. The van der Waals surface area contributed by atoms with Gasteiger partial charge in [-0.2, -0.15) is 0 Å². The molecule has 2 heterocycles. The number of rotatable bonds is 6. The SMILES string of the molecule is C=C1C(Br)=c2ncnc(NCc3cccc(C(F)F)c3F)c2=CN1C1(CF)CC1. The normalized spacial score (nSPS) is 17.2. The van der Waals surface area contributed by atoms with Gasteiger partial charge in [-0.15, -0.1) is 0 Å². The van der Waals surface area contributed by atoms with E-state index in [2.05, 4.69) is 37.8 Å². The van der Waals surface area contributed by atoms with E-state index in [0.29, 0.717) is 39.4 Å². The molecule has 2 aliphatic rings. The van der Waals surface area contributed by atoms with Crippen molar-refractivity contribution < 1.29 is 17.6 Å². The monoisotopic (exact) mass is 468 g/mol. The van der Waals surface area contributed by atoms with Crippen LogP contribution in [0.3, 0.4) is 0 Å². The van der Waals surface area contributed by atoms with Gasteiger partial charge in [0.25, 0.3) is 6.43 Å². The molecule has 152 valence electrons. The van der Waals surface area contributed by atoms with E-state index >= 15 is 0 Å². The first-order chi connectivity index (χ1) is 13.9. The van der Waals surface area contributed by atoms with Crippen molar-refractivity contribution in [2.45, 2.75) is 31.4 Å². The van der Waals surface area contributed by atoms with Crippen molar-refractivity contribution in [3.05, 3.63) is 64.3 Å². The molecule has 1 fully saturated rings. The Morgan fingerprint density at radius 3 is 2.69 bits per heavy atom. The molecule has 1 aliphatic carbocycles. The van der Waals surface area contributed by atoms with Crippen LogP contribution in [0.15, 0.2) is 36.8 Å². The molecule has 0 spiro atoms. The third-order valence-corrected chi connectivity index (χ3v) is 6.10. The summed E-state index contributed by atoms with van der Waals surface area (Å²) in [5.74, 6) is -0.556. The number of alkyl halides is 3. The fraction of sp³-hybridized carbons (Fsp3) is 0.300. The molecule has 0 unspecified atom stereocenters. The molecule has 1 aromatic carbocycles. The average molecular weight is 469 g/mol. The van der Waals surface area contributed by atoms with Crippen LogP contribution in [0.5, 0.6) is 0 Å². The molecular formula is C20H17BrF4N4. The Morgan fingerprint density at radius 2 is 2.03 bits per heavy atom. The first kappa shape index (κ1) is 19.9. The van der Waals surface area contributed by atoms with Gasteiger partial charge in [-0.3, -0.25) is 0 Å². The number of allylic oxidation sites excluding steroid dienone is 1. The lowest BCUT2D eigenvalue weighted by Gasteiger charge is -2.32. The van der Waals surface area contributed by atoms with Gasteiger partial charge in [0, 0.05) is 18.3 Å². The standard InChI is InChI=1S/C20H17BrF4N4/c1-11-15(21)17-14(8-29(11)20(9-22)5-6-20)19(28-10-27-17)26-7-12-3-2-4-13(16(12)23)18(24)25/h2-4,8,10,18H,1,5-7,9H2,(H,26,27,28). The number of fused-ring (bicyclic) bond motifs is 1. The van der Waals surface area contributed by atoms with Crippen molar-refractivity contribution in [2.75, 3.05) is 12.0 Å². The third-order valence-electron chi connectivity index (χ3n) is 5.27. The minimum absolute atomic E-state index is 0.0451. The van der Waals surface area contributed by atoms with Gasteiger partial charge >= 0.3 is 0 Å². The lowest BCUT2D eigenvalue weighted by atomic mass is 10.1. The van der Waals surface area contributed by atoms with Crippen molar-refractivity contribution >= 4 is 32.4 Å². The molecule has 1 aromatic heterocycles. The van der Waals surface area contributed by atoms with Crippen LogP contribution in [-0.2, 0) is 6.54 Å². The Labute approximate surface area is 172 Å². The number of anilines is 1. The van der Waals surface area contributed by atoms with Crippen LogP contribution < -0.4 is 15.9 Å². The highest BCUT2D eigenvalue weighted by atomic mass is 79.9. The molecule has 4 nitrogen and oxygen atoms in total. The van der Waals surface area contributed by atoms with Gasteiger partial charge in [-0.05, 0) is 28.8 Å². The van der Waals surface area contributed by atoms with Gasteiger partial charge in [-0.25, -0.2) is 27.5 Å². The van der Waals surface area contributed by atoms with Crippen LogP contribution >= 0.6 is 15.9 Å². The maximum absolute atomic E-state index is 14.3. The van der Waals surface area contributed by atoms with E-state index in [1.807, 2.05) is 0 Å². The van der Waals surface area contributed by atoms with Crippen molar-refractivity contribution in [1.29, 1.82) is 0 Å². The van der Waals surface area contributed by atoms with Crippen LogP contribution in [0.25, 0.3) is 10.7 Å². The molecule has 0 saturated heterocycles. The van der Waals surface area contributed by atoms with E-state index in [0.717, 1.165) is 6.07 Å². The summed E-state index contributed by atoms with van der Waals surface area (Å²) in [6, 6.07) is 3.88. The summed E-state index contributed by atoms with van der Waals surface area (Å²) in [7, 11) is 0. The topological polar surface area (TPSA) is 41.1 Å². The summed E-state index contributed by atoms with van der Waals surface area (Å²) >= 11 is 3.48. The Bertz CT molecular complexity index is 1100. The zero-order chi connectivity index (χ0) is 20.8. The smallest absolute Gasteiger partial charge is 0.266 e. The molecule has 0 atom stereocenters. The van der Waals surface area contributed by atoms with Crippen molar-refractivity contribution in [3.8, 4) is 0 Å². The summed E-state index contributed by atoms with van der Waals surface area (Å²) in [4.78, 5) is 10.3. The zero-order valence-corrected chi connectivity index (χ0v) is 16.8. The molecule has 9 heteroatoms. The third kappa shape index (κ3) is 3.41. The molecule has 0 bridgehead atoms. The number of halogens is 5. The van der Waals surface area contributed by atoms with Gasteiger partial charge in [0.05, 0.1) is 31.8 Å². The van der Waals surface area contributed by atoms with Crippen molar-refractivity contribution in [2.24, 2.45) is 0 Å². The fourth-order valence-electron chi connectivity index (χ4n) is 3.37. The first-order valence-corrected chi connectivity index (χ1v) is 9.74. The molecular weight excluding hydrogens is 452 g/mol. The number of nitrogens with one attached hydrogen (secondary N) is 1. The van der Waals surface area contributed by atoms with Gasteiger partial charge in [0.1, 0.15) is 24.6 Å². The molecule has 0 amide bonds. The summed E-state index contributed by atoms with van der Waals surface area (Å²) < 4.78 is 54.4. The second-order valence-electron chi connectivity index (χ2n) is 7.08. The molecule has 0 radical (unpaired) electrons. The summed E-state index contributed by atoms with van der Waals surface area (Å²) in [5.41, 5.74) is -0.554. The van der Waals surface area contributed by atoms with Gasteiger partial charge in [0.15, 0.2) is 0 Å². The quantitative estimate of drug-likeness (QED) is 0.655. The van der Waals surface area contributed by atoms with Crippen LogP contribution in [0.1, 0.15) is 30.4 Å². The van der Waals surface area contributed by atoms with E-state index in [-0.39, 0.29) is 12.1 Å². The Hall–Kier alpha value is -2.42. The van der Waals surface area contributed by atoms with Crippen LogP contribution in [0.4, 0.5) is 23.4 Å². The minimum Gasteiger partial charge on any atom is -0.365 e. The van der Waals surface area contributed by atoms with Gasteiger partial charge in [-0.1, -0.05) is 24.8 Å². The highest BCUT2D eigenvalue weighted by molar-refractivity contribution is 9.15. The maximum atomic E-state index is 14.3. The number of hydrogen-bond acceptors (Lipinski definition) is 4. The lowest BCUT2D eigenvalue weighted by Crippen LogP contribution is -2.45. The van der Waals surface area contributed by atoms with Gasteiger partial charge < -0.3 is 10.2 Å². The zero-order valence-electron chi connectivity index (χ0n) is 15.2. The van der Waals surface area contributed by atoms with E-state index in [4.69, 9.17) is 0 Å².